The lowest BCUT2D eigenvalue weighted by molar-refractivity contribution is -0.148. The Kier molecular flexibility index (Phi) is 4.26. The molecule has 0 aliphatic carbocycles. The van der Waals surface area contributed by atoms with E-state index >= 15 is 0 Å². The van der Waals surface area contributed by atoms with Gasteiger partial charge in [-0.1, -0.05) is 0 Å². The van der Waals surface area contributed by atoms with Crippen molar-refractivity contribution in [3.8, 4) is 0 Å². The third kappa shape index (κ3) is 2.64. The Balaban J connectivity index is 1.86. The van der Waals surface area contributed by atoms with Crippen molar-refractivity contribution in [2.45, 2.75) is 19.8 Å². The third-order valence-corrected chi connectivity index (χ3v) is 4.88. The van der Waals surface area contributed by atoms with Gasteiger partial charge in [0, 0.05) is 27.2 Å². The summed E-state index contributed by atoms with van der Waals surface area (Å²) in [7, 11) is 3.51. The van der Waals surface area contributed by atoms with E-state index in [2.05, 4.69) is 4.90 Å². The Morgan fingerprint density at radius 3 is 2.38 bits per heavy atom. The van der Waals surface area contributed by atoms with Gasteiger partial charge < -0.3 is 15.4 Å². The van der Waals surface area contributed by atoms with Crippen LogP contribution in [0.1, 0.15) is 19.8 Å². The minimum Gasteiger partial charge on any atom is -0.466 e. The quantitative estimate of drug-likeness (QED) is 0.675. The molecule has 3 rings (SSSR count). The van der Waals surface area contributed by atoms with Crippen molar-refractivity contribution in [2.75, 3.05) is 30.3 Å². The highest BCUT2D eigenvalue weighted by Gasteiger charge is 2.27. The predicted octanol–water partition coefficient (Wildman–Crippen LogP) is 1.24. The van der Waals surface area contributed by atoms with Gasteiger partial charge in [-0.05, 0) is 31.9 Å². The van der Waals surface area contributed by atoms with Crippen LogP contribution >= 0.6 is 0 Å². The van der Waals surface area contributed by atoms with Crippen LogP contribution in [0.15, 0.2) is 16.9 Å². The van der Waals surface area contributed by atoms with Crippen LogP contribution in [-0.4, -0.2) is 34.8 Å². The smallest absolute Gasteiger partial charge is 0.328 e. The first-order chi connectivity index (χ1) is 11.4. The molecular weight excluding hydrogens is 308 g/mol. The van der Waals surface area contributed by atoms with Crippen molar-refractivity contribution in [3.63, 3.8) is 0 Å². The summed E-state index contributed by atoms with van der Waals surface area (Å²) >= 11 is 0. The van der Waals surface area contributed by atoms with E-state index in [-0.39, 0.29) is 17.6 Å². The Morgan fingerprint density at radius 1 is 1.21 bits per heavy atom. The summed E-state index contributed by atoms with van der Waals surface area (Å²) in [4.78, 5) is 26.1. The van der Waals surface area contributed by atoms with E-state index in [0.717, 1.165) is 42.7 Å². The number of carbonyl (C=O) groups excluding carboxylic acids is 1. The molecule has 0 spiro atoms. The second-order valence-electron chi connectivity index (χ2n) is 6.31. The minimum atomic E-state index is -0.106. The molecule has 0 saturated carbocycles. The minimum absolute atomic E-state index is 0.0350. The van der Waals surface area contributed by atoms with Crippen LogP contribution in [-0.2, 0) is 23.6 Å². The fourth-order valence-electron chi connectivity index (χ4n) is 3.44. The third-order valence-electron chi connectivity index (χ3n) is 4.88. The number of hydrogen-bond acceptors (Lipinski definition) is 5. The van der Waals surface area contributed by atoms with Crippen molar-refractivity contribution in [3.05, 3.63) is 22.6 Å². The highest BCUT2D eigenvalue weighted by atomic mass is 16.5. The number of ether oxygens (including phenoxy) is 1. The molecule has 0 amide bonds. The molecule has 24 heavy (non-hydrogen) atoms. The molecule has 130 valence electrons. The molecule has 1 aromatic carbocycles. The largest absolute Gasteiger partial charge is 0.466 e. The average Bonchev–Trinajstić information content (AvgIpc) is 2.79. The number of esters is 1. The van der Waals surface area contributed by atoms with Crippen LogP contribution in [0.5, 0.6) is 0 Å². The van der Waals surface area contributed by atoms with E-state index in [9.17, 15) is 9.59 Å². The van der Waals surface area contributed by atoms with Crippen molar-refractivity contribution in [1.82, 2.24) is 9.13 Å². The molecule has 1 aliphatic rings. The van der Waals surface area contributed by atoms with Crippen LogP contribution in [0.3, 0.4) is 0 Å². The molecule has 0 atom stereocenters. The number of benzene rings is 1. The Morgan fingerprint density at radius 2 is 1.79 bits per heavy atom. The number of hydrogen-bond donors (Lipinski definition) is 1. The second kappa shape index (κ2) is 6.22. The maximum absolute atomic E-state index is 12.1. The summed E-state index contributed by atoms with van der Waals surface area (Å²) in [5.74, 6) is -0.140. The van der Waals surface area contributed by atoms with Crippen molar-refractivity contribution in [1.29, 1.82) is 0 Å². The van der Waals surface area contributed by atoms with Gasteiger partial charge in [-0.3, -0.25) is 13.9 Å². The lowest BCUT2D eigenvalue weighted by Crippen LogP contribution is -2.37. The fourth-order valence-corrected chi connectivity index (χ4v) is 3.44. The first kappa shape index (κ1) is 16.4. The lowest BCUT2D eigenvalue weighted by Gasteiger charge is -2.33. The van der Waals surface area contributed by atoms with Crippen molar-refractivity contribution >= 4 is 28.4 Å². The van der Waals surface area contributed by atoms with Crippen LogP contribution < -0.4 is 16.3 Å². The maximum Gasteiger partial charge on any atom is 0.328 e. The number of aromatic nitrogens is 2. The van der Waals surface area contributed by atoms with Crippen LogP contribution in [0, 0.1) is 5.92 Å². The highest BCUT2D eigenvalue weighted by Crippen LogP contribution is 2.32. The summed E-state index contributed by atoms with van der Waals surface area (Å²) in [6.07, 6.45) is 1.51. The molecular formula is C17H24N4O3. The Hall–Kier alpha value is -2.44. The van der Waals surface area contributed by atoms with Gasteiger partial charge in [0.25, 0.3) is 0 Å². The molecule has 7 nitrogen and oxygen atoms in total. The molecule has 0 radical (unpaired) electrons. The van der Waals surface area contributed by atoms with Gasteiger partial charge in [-0.25, -0.2) is 4.79 Å². The Bertz CT molecular complexity index is 828. The van der Waals surface area contributed by atoms with Gasteiger partial charge in [0.05, 0.1) is 34.9 Å². The molecule has 0 unspecified atom stereocenters. The Labute approximate surface area is 140 Å². The first-order valence-electron chi connectivity index (χ1n) is 8.30. The number of fused-ring (bicyclic) bond motifs is 1. The van der Waals surface area contributed by atoms with Crippen molar-refractivity contribution < 1.29 is 9.53 Å². The summed E-state index contributed by atoms with van der Waals surface area (Å²) in [5, 5.41) is 0. The zero-order chi connectivity index (χ0) is 17.4. The van der Waals surface area contributed by atoms with Crippen LogP contribution in [0.4, 0.5) is 11.4 Å². The molecule has 7 heteroatoms. The van der Waals surface area contributed by atoms with E-state index in [1.165, 1.54) is 0 Å². The predicted molar refractivity (Wildman–Crippen MR) is 94.1 cm³/mol. The second-order valence-corrected chi connectivity index (χ2v) is 6.31. The molecule has 2 heterocycles. The average molecular weight is 332 g/mol. The summed E-state index contributed by atoms with van der Waals surface area (Å²) < 4.78 is 8.34. The lowest BCUT2D eigenvalue weighted by atomic mass is 9.96. The van der Waals surface area contributed by atoms with E-state index < -0.39 is 0 Å². The molecule has 1 saturated heterocycles. The van der Waals surface area contributed by atoms with Crippen LogP contribution in [0.2, 0.25) is 0 Å². The molecule has 1 aromatic heterocycles. The number of nitrogens with zero attached hydrogens (tertiary/aromatic N) is 3. The maximum atomic E-state index is 12.1. The van der Waals surface area contributed by atoms with E-state index in [1.54, 1.807) is 23.2 Å². The van der Waals surface area contributed by atoms with Crippen LogP contribution in [0.25, 0.3) is 11.0 Å². The molecule has 1 aliphatic heterocycles. The molecule has 2 N–H and O–H groups in total. The number of anilines is 2. The monoisotopic (exact) mass is 332 g/mol. The zero-order valence-corrected chi connectivity index (χ0v) is 14.4. The number of carbonyl (C=O) groups is 1. The fraction of sp³-hybridized carbons (Fsp3) is 0.529. The van der Waals surface area contributed by atoms with Crippen molar-refractivity contribution in [2.24, 2.45) is 20.0 Å². The zero-order valence-electron chi connectivity index (χ0n) is 14.4. The van der Waals surface area contributed by atoms with Gasteiger partial charge >= 0.3 is 11.7 Å². The highest BCUT2D eigenvalue weighted by molar-refractivity contribution is 5.88. The number of rotatable bonds is 3. The molecule has 0 bridgehead atoms. The standard InChI is InChI=1S/C17H24N4O3/c1-4-24-16(22)11-5-7-21(8-6-11)13-10-15-14(9-12(13)18)19(2)17(23)20(15)3/h9-11H,4-8,18H2,1-3H3. The number of nitrogen functional groups attached to an aromatic ring is 1. The summed E-state index contributed by atoms with van der Waals surface area (Å²) in [6.45, 7) is 3.75. The molecule has 1 fully saturated rings. The number of imidazole rings is 1. The topological polar surface area (TPSA) is 82.5 Å². The summed E-state index contributed by atoms with van der Waals surface area (Å²) in [6, 6.07) is 3.82. The van der Waals surface area contributed by atoms with Gasteiger partial charge in [0.15, 0.2) is 0 Å². The normalized spacial score (nSPS) is 15.9. The number of aryl methyl sites for hydroxylation is 2. The van der Waals surface area contributed by atoms with E-state index in [4.69, 9.17) is 10.5 Å². The summed E-state index contributed by atoms with van der Waals surface area (Å²) in [5.41, 5.74) is 9.42. The van der Waals surface area contributed by atoms with Gasteiger partial charge in [-0.2, -0.15) is 0 Å². The molecule has 2 aromatic rings. The van der Waals surface area contributed by atoms with Gasteiger partial charge in [0.1, 0.15) is 0 Å². The first-order valence-corrected chi connectivity index (χ1v) is 8.30. The number of piperidine rings is 1. The SMILES string of the molecule is CCOC(=O)C1CCN(c2cc3c(cc2N)n(C)c(=O)n3C)CC1. The van der Waals surface area contributed by atoms with Gasteiger partial charge in [-0.15, -0.1) is 0 Å². The van der Waals surface area contributed by atoms with E-state index in [1.807, 2.05) is 19.1 Å². The number of nitrogens with two attached hydrogens (primary N) is 1. The van der Waals surface area contributed by atoms with E-state index in [0.29, 0.717) is 12.3 Å². The van der Waals surface area contributed by atoms with Gasteiger partial charge in [0.2, 0.25) is 0 Å².